The van der Waals surface area contributed by atoms with Crippen LogP contribution in [0.2, 0.25) is 0 Å². The molecule has 0 saturated carbocycles. The molecule has 0 atom stereocenters. The van der Waals surface area contributed by atoms with Crippen LogP contribution in [0.5, 0.6) is 0 Å². The number of amides is 2. The van der Waals surface area contributed by atoms with E-state index >= 15 is 0 Å². The molecule has 2 amide bonds. The molecule has 1 aliphatic rings. The SMILES string of the molecule is CC(C)(C)N1CCN(C(=O)NCc2ccccc2F)CC1. The third-order valence-electron chi connectivity index (χ3n) is 3.90. The average Bonchev–Trinajstić information content (AvgIpc) is 2.45. The molecule has 1 aliphatic heterocycles. The van der Waals surface area contributed by atoms with E-state index in [9.17, 15) is 9.18 Å². The van der Waals surface area contributed by atoms with Crippen molar-refractivity contribution >= 4 is 6.03 Å². The van der Waals surface area contributed by atoms with E-state index in [1.165, 1.54) is 6.07 Å². The fourth-order valence-electron chi connectivity index (χ4n) is 2.50. The van der Waals surface area contributed by atoms with Crippen LogP contribution in [0.25, 0.3) is 0 Å². The summed E-state index contributed by atoms with van der Waals surface area (Å²) in [5.41, 5.74) is 0.648. The van der Waals surface area contributed by atoms with Crippen molar-refractivity contribution in [1.29, 1.82) is 0 Å². The van der Waals surface area contributed by atoms with Crippen molar-refractivity contribution in [3.05, 3.63) is 35.6 Å². The number of urea groups is 1. The first-order valence-electron chi connectivity index (χ1n) is 7.39. The Balaban J connectivity index is 1.82. The third-order valence-corrected chi connectivity index (χ3v) is 3.90. The predicted octanol–water partition coefficient (Wildman–Crippen LogP) is 2.45. The van der Waals surface area contributed by atoms with Crippen LogP contribution in [0, 0.1) is 5.82 Å². The van der Waals surface area contributed by atoms with Gasteiger partial charge in [0.1, 0.15) is 5.82 Å². The Morgan fingerprint density at radius 2 is 1.81 bits per heavy atom. The number of piperazine rings is 1. The molecule has 1 saturated heterocycles. The molecule has 0 radical (unpaired) electrons. The molecular weight excluding hydrogens is 269 g/mol. The van der Waals surface area contributed by atoms with E-state index in [2.05, 4.69) is 31.0 Å². The van der Waals surface area contributed by atoms with Gasteiger partial charge in [-0.15, -0.1) is 0 Å². The maximum Gasteiger partial charge on any atom is 0.317 e. The highest BCUT2D eigenvalue weighted by Crippen LogP contribution is 2.15. The van der Waals surface area contributed by atoms with E-state index in [-0.39, 0.29) is 23.9 Å². The zero-order valence-electron chi connectivity index (χ0n) is 13.0. The molecule has 116 valence electrons. The highest BCUT2D eigenvalue weighted by Gasteiger charge is 2.27. The zero-order chi connectivity index (χ0) is 15.5. The Bertz CT molecular complexity index is 491. The largest absolute Gasteiger partial charge is 0.334 e. The molecule has 1 aromatic carbocycles. The Kier molecular flexibility index (Phi) is 4.83. The molecule has 0 aliphatic carbocycles. The van der Waals surface area contributed by atoms with Gasteiger partial charge < -0.3 is 10.2 Å². The van der Waals surface area contributed by atoms with Crippen LogP contribution >= 0.6 is 0 Å². The van der Waals surface area contributed by atoms with Gasteiger partial charge in [-0.3, -0.25) is 4.90 Å². The van der Waals surface area contributed by atoms with E-state index in [4.69, 9.17) is 0 Å². The summed E-state index contributed by atoms with van der Waals surface area (Å²) in [6, 6.07) is 6.39. The van der Waals surface area contributed by atoms with Gasteiger partial charge in [0, 0.05) is 43.8 Å². The van der Waals surface area contributed by atoms with Crippen LogP contribution in [0.1, 0.15) is 26.3 Å². The Hall–Kier alpha value is -1.62. The second-order valence-corrected chi connectivity index (χ2v) is 6.40. The predicted molar refractivity (Wildman–Crippen MR) is 81.5 cm³/mol. The van der Waals surface area contributed by atoms with Crippen LogP contribution in [-0.4, -0.2) is 47.5 Å². The van der Waals surface area contributed by atoms with Gasteiger partial charge in [0.05, 0.1) is 0 Å². The second kappa shape index (κ2) is 6.43. The molecule has 1 aromatic rings. The van der Waals surface area contributed by atoms with Crippen molar-refractivity contribution in [3.63, 3.8) is 0 Å². The van der Waals surface area contributed by atoms with Crippen molar-refractivity contribution < 1.29 is 9.18 Å². The van der Waals surface area contributed by atoms with E-state index in [0.29, 0.717) is 18.7 Å². The molecule has 0 unspecified atom stereocenters. The number of carbonyl (C=O) groups excluding carboxylic acids is 1. The summed E-state index contributed by atoms with van der Waals surface area (Å²) in [5, 5.41) is 2.79. The second-order valence-electron chi connectivity index (χ2n) is 6.40. The molecule has 0 aromatic heterocycles. The summed E-state index contributed by atoms with van der Waals surface area (Å²) < 4.78 is 13.5. The van der Waals surface area contributed by atoms with Crippen LogP contribution in [-0.2, 0) is 6.54 Å². The van der Waals surface area contributed by atoms with Gasteiger partial charge in [0.15, 0.2) is 0 Å². The number of hydrogen-bond acceptors (Lipinski definition) is 2. The minimum absolute atomic E-state index is 0.119. The number of rotatable bonds is 2. The highest BCUT2D eigenvalue weighted by atomic mass is 19.1. The topological polar surface area (TPSA) is 35.6 Å². The summed E-state index contributed by atoms with van der Waals surface area (Å²) in [7, 11) is 0. The standard InChI is InChI=1S/C16H24FN3O/c1-16(2,3)20-10-8-19(9-11-20)15(21)18-12-13-6-4-5-7-14(13)17/h4-7H,8-12H2,1-3H3,(H,18,21). The van der Waals surface area contributed by atoms with Crippen molar-refractivity contribution in [3.8, 4) is 0 Å². The lowest BCUT2D eigenvalue weighted by molar-refractivity contribution is 0.0742. The van der Waals surface area contributed by atoms with Crippen molar-refractivity contribution in [2.75, 3.05) is 26.2 Å². The maximum atomic E-state index is 13.5. The van der Waals surface area contributed by atoms with Gasteiger partial charge in [-0.25, -0.2) is 9.18 Å². The van der Waals surface area contributed by atoms with Gasteiger partial charge in [-0.2, -0.15) is 0 Å². The Morgan fingerprint density at radius 3 is 2.38 bits per heavy atom. The van der Waals surface area contributed by atoms with Crippen LogP contribution in [0.4, 0.5) is 9.18 Å². The number of carbonyl (C=O) groups is 1. The average molecular weight is 293 g/mol. The van der Waals surface area contributed by atoms with E-state index < -0.39 is 0 Å². The summed E-state index contributed by atoms with van der Waals surface area (Å²) in [5.74, 6) is -0.282. The molecule has 1 fully saturated rings. The van der Waals surface area contributed by atoms with Gasteiger partial charge in [-0.05, 0) is 26.8 Å². The van der Waals surface area contributed by atoms with Gasteiger partial charge >= 0.3 is 6.03 Å². The summed E-state index contributed by atoms with van der Waals surface area (Å²) in [6.45, 7) is 9.93. The maximum absolute atomic E-state index is 13.5. The smallest absolute Gasteiger partial charge is 0.317 e. The number of nitrogens with zero attached hydrogens (tertiary/aromatic N) is 2. The molecule has 21 heavy (non-hydrogen) atoms. The third kappa shape index (κ3) is 4.17. The van der Waals surface area contributed by atoms with E-state index in [1.807, 2.05) is 0 Å². The molecule has 0 bridgehead atoms. The van der Waals surface area contributed by atoms with Crippen LogP contribution < -0.4 is 5.32 Å². The molecular formula is C16H24FN3O. The van der Waals surface area contributed by atoms with Crippen molar-refractivity contribution in [1.82, 2.24) is 15.1 Å². The van der Waals surface area contributed by atoms with Crippen molar-refractivity contribution in [2.45, 2.75) is 32.9 Å². The van der Waals surface area contributed by atoms with Crippen LogP contribution in [0.3, 0.4) is 0 Å². The molecule has 4 nitrogen and oxygen atoms in total. The molecule has 0 spiro atoms. The van der Waals surface area contributed by atoms with Gasteiger partial charge in [0.2, 0.25) is 0 Å². The van der Waals surface area contributed by atoms with E-state index in [1.54, 1.807) is 23.1 Å². The molecule has 1 heterocycles. The number of halogens is 1. The molecule has 5 heteroatoms. The molecule has 2 rings (SSSR count). The summed E-state index contributed by atoms with van der Waals surface area (Å²) >= 11 is 0. The van der Waals surface area contributed by atoms with E-state index in [0.717, 1.165) is 13.1 Å². The quantitative estimate of drug-likeness (QED) is 0.909. The van der Waals surface area contributed by atoms with Gasteiger partial charge in [-0.1, -0.05) is 18.2 Å². The lowest BCUT2D eigenvalue weighted by Crippen LogP contribution is -2.56. The Morgan fingerprint density at radius 1 is 1.19 bits per heavy atom. The fourth-order valence-corrected chi connectivity index (χ4v) is 2.50. The first-order valence-corrected chi connectivity index (χ1v) is 7.39. The number of benzene rings is 1. The minimum Gasteiger partial charge on any atom is -0.334 e. The normalized spacial score (nSPS) is 16.9. The lowest BCUT2D eigenvalue weighted by atomic mass is 10.1. The fraction of sp³-hybridized carbons (Fsp3) is 0.562. The first-order chi connectivity index (χ1) is 9.88. The first kappa shape index (κ1) is 15.8. The number of nitrogens with one attached hydrogen (secondary N) is 1. The van der Waals surface area contributed by atoms with Crippen molar-refractivity contribution in [2.24, 2.45) is 0 Å². The molecule has 1 N–H and O–H groups in total. The summed E-state index contributed by atoms with van der Waals surface area (Å²) in [4.78, 5) is 16.3. The monoisotopic (exact) mass is 293 g/mol. The number of hydrogen-bond donors (Lipinski definition) is 1. The highest BCUT2D eigenvalue weighted by molar-refractivity contribution is 5.74. The van der Waals surface area contributed by atoms with Gasteiger partial charge in [0.25, 0.3) is 0 Å². The minimum atomic E-state index is -0.282. The van der Waals surface area contributed by atoms with Crippen LogP contribution in [0.15, 0.2) is 24.3 Å². The summed E-state index contributed by atoms with van der Waals surface area (Å²) in [6.07, 6.45) is 0. The lowest BCUT2D eigenvalue weighted by Gasteiger charge is -2.42. The Labute approximate surface area is 125 Å². The zero-order valence-corrected chi connectivity index (χ0v) is 13.0.